The molecule has 8 rings (SSSR count). The Balaban J connectivity index is 1.23. The normalized spacial score (nSPS) is 12.0. The van der Waals surface area contributed by atoms with Gasteiger partial charge in [0.1, 0.15) is 11.4 Å². The number of anilines is 2. The van der Waals surface area contributed by atoms with Crippen molar-refractivity contribution in [1.29, 1.82) is 0 Å². The summed E-state index contributed by atoms with van der Waals surface area (Å²) >= 11 is 0. The molecule has 0 aliphatic carbocycles. The average Bonchev–Trinajstić information content (AvgIpc) is 3.56. The first-order chi connectivity index (χ1) is 26.5. The number of benzene rings is 7. The quantitative estimate of drug-likeness (QED) is 0.0796. The van der Waals surface area contributed by atoms with Crippen LogP contribution in [-0.2, 0) is 0 Å². The smallest absolute Gasteiger partial charge is 0.186 e. The molecule has 0 fully saturated rings. The van der Waals surface area contributed by atoms with Gasteiger partial charge in [0.2, 0.25) is 0 Å². The fraction of sp³-hybridized carbons (Fsp3) is 0.0204. The van der Waals surface area contributed by atoms with Crippen molar-refractivity contribution in [2.24, 2.45) is 0 Å². The topological polar surface area (TPSA) is 68.9 Å². The van der Waals surface area contributed by atoms with Crippen LogP contribution in [0.4, 0.5) is 11.4 Å². The van der Waals surface area contributed by atoms with Crippen LogP contribution in [0.2, 0.25) is 0 Å². The van der Waals surface area contributed by atoms with E-state index in [0.29, 0.717) is 16.8 Å². The number of nitrogens with zero attached hydrogens (tertiary/aromatic N) is 2. The monoisotopic (exact) mass is 702 g/mol. The van der Waals surface area contributed by atoms with Crippen LogP contribution in [0, 0.1) is 0 Å². The number of para-hydroxylation sites is 2. The van der Waals surface area contributed by atoms with Crippen molar-refractivity contribution in [2.45, 2.75) is 6.92 Å². The lowest BCUT2D eigenvalue weighted by molar-refractivity contribution is 0.399. The minimum atomic E-state index is -0.440. The van der Waals surface area contributed by atoms with Crippen LogP contribution in [0.5, 0.6) is 17.2 Å². The third-order valence-electron chi connectivity index (χ3n) is 9.68. The summed E-state index contributed by atoms with van der Waals surface area (Å²) in [6.45, 7) is 1.97. The standard InChI is InChI=1S/C49H38N2O3/c1-2-15-34(35-16-5-3-6-17-35)21-14-31-50(39-29-27-37(28-30-39)36-18-7-4-8-19-36)47-46(52)33-43(48(53)49(47)54)38-20-13-22-40(32-38)51-44-25-11-9-23-41(44)42-24-10-12-26-45(42)51/h2-33,52-54H,1H3/b15-2-,31-14+,34-21+. The van der Waals surface area contributed by atoms with Crippen LogP contribution in [0.15, 0.2) is 194 Å². The fourth-order valence-corrected chi connectivity index (χ4v) is 7.13. The molecule has 5 heteroatoms. The van der Waals surface area contributed by atoms with Gasteiger partial charge in [0, 0.05) is 33.9 Å². The number of rotatable bonds is 9. The third kappa shape index (κ3) is 6.40. The Hall–Kier alpha value is -7.24. The Morgan fingerprint density at radius 3 is 1.83 bits per heavy atom. The highest BCUT2D eigenvalue weighted by Crippen LogP contribution is 2.51. The Labute approximate surface area is 314 Å². The van der Waals surface area contributed by atoms with E-state index in [9.17, 15) is 15.3 Å². The third-order valence-corrected chi connectivity index (χ3v) is 9.68. The number of hydrogen-bond donors (Lipinski definition) is 3. The minimum absolute atomic E-state index is 0.0548. The van der Waals surface area contributed by atoms with Gasteiger partial charge in [0.05, 0.1) is 11.0 Å². The van der Waals surface area contributed by atoms with Crippen LogP contribution in [0.1, 0.15) is 12.5 Å². The highest BCUT2D eigenvalue weighted by atomic mass is 16.3. The fourth-order valence-electron chi connectivity index (χ4n) is 7.13. The summed E-state index contributed by atoms with van der Waals surface area (Å²) in [6, 6.07) is 53.8. The second-order valence-corrected chi connectivity index (χ2v) is 13.0. The van der Waals surface area contributed by atoms with Crippen LogP contribution < -0.4 is 4.90 Å². The van der Waals surface area contributed by atoms with E-state index in [-0.39, 0.29) is 17.2 Å². The zero-order chi connectivity index (χ0) is 37.0. The second kappa shape index (κ2) is 14.8. The molecule has 1 heterocycles. The lowest BCUT2D eigenvalue weighted by Crippen LogP contribution is -2.09. The van der Waals surface area contributed by atoms with Crippen LogP contribution >= 0.6 is 0 Å². The molecule has 1 aromatic heterocycles. The van der Waals surface area contributed by atoms with Crippen LogP contribution in [0.3, 0.4) is 0 Å². The molecule has 0 unspecified atom stereocenters. The molecule has 0 aliphatic heterocycles. The van der Waals surface area contributed by atoms with Gasteiger partial charge in [-0.25, -0.2) is 0 Å². The SMILES string of the molecule is C\C=C/C(=C\C=C\N(c1ccc(-c2ccccc2)cc1)c1c(O)cc(-c2cccc(-n3c4ccccc4c4ccccc43)c2)c(O)c1O)c1ccccc1. The van der Waals surface area contributed by atoms with Gasteiger partial charge in [-0.1, -0.05) is 140 Å². The average molecular weight is 703 g/mol. The van der Waals surface area contributed by atoms with Crippen molar-refractivity contribution in [3.05, 3.63) is 200 Å². The van der Waals surface area contributed by atoms with E-state index in [4.69, 9.17) is 0 Å². The largest absolute Gasteiger partial charge is 0.506 e. The predicted molar refractivity (Wildman–Crippen MR) is 224 cm³/mol. The van der Waals surface area contributed by atoms with Gasteiger partial charge in [-0.05, 0) is 83.3 Å². The Bertz CT molecular complexity index is 2640. The van der Waals surface area contributed by atoms with Crippen molar-refractivity contribution in [3.63, 3.8) is 0 Å². The molecule has 7 aromatic carbocycles. The first-order valence-electron chi connectivity index (χ1n) is 17.9. The van der Waals surface area contributed by atoms with Gasteiger partial charge in [0.25, 0.3) is 0 Å². The van der Waals surface area contributed by atoms with Crippen molar-refractivity contribution < 1.29 is 15.3 Å². The zero-order valence-corrected chi connectivity index (χ0v) is 29.7. The summed E-state index contributed by atoms with van der Waals surface area (Å²) < 4.78 is 2.19. The lowest BCUT2D eigenvalue weighted by atomic mass is 10.0. The molecule has 54 heavy (non-hydrogen) atoms. The Morgan fingerprint density at radius 1 is 0.574 bits per heavy atom. The molecular formula is C49H38N2O3. The zero-order valence-electron chi connectivity index (χ0n) is 29.7. The predicted octanol–water partition coefficient (Wildman–Crippen LogP) is 12.5. The van der Waals surface area contributed by atoms with E-state index >= 15 is 0 Å². The van der Waals surface area contributed by atoms with E-state index in [1.54, 1.807) is 11.1 Å². The highest BCUT2D eigenvalue weighted by molar-refractivity contribution is 6.09. The number of phenolic OH excluding ortho intramolecular Hbond substituents is 3. The molecule has 0 spiro atoms. The number of allylic oxidation sites excluding steroid dienone is 5. The van der Waals surface area contributed by atoms with Crippen molar-refractivity contribution in [1.82, 2.24) is 4.57 Å². The van der Waals surface area contributed by atoms with Crippen LogP contribution in [-0.4, -0.2) is 19.9 Å². The van der Waals surface area contributed by atoms with Gasteiger partial charge in [-0.3, -0.25) is 0 Å². The number of fused-ring (bicyclic) bond motifs is 3. The molecule has 0 radical (unpaired) electrons. The molecule has 0 aliphatic rings. The number of hydrogen-bond acceptors (Lipinski definition) is 4. The maximum atomic E-state index is 11.8. The van der Waals surface area contributed by atoms with Crippen molar-refractivity contribution in [3.8, 4) is 45.2 Å². The first kappa shape index (κ1) is 33.9. The summed E-state index contributed by atoms with van der Waals surface area (Å²) in [5, 5.41) is 37.5. The highest BCUT2D eigenvalue weighted by Gasteiger charge is 2.24. The van der Waals surface area contributed by atoms with E-state index in [1.165, 1.54) is 6.07 Å². The Kier molecular flexibility index (Phi) is 9.27. The molecular weight excluding hydrogens is 665 g/mol. The molecule has 0 saturated heterocycles. The summed E-state index contributed by atoms with van der Waals surface area (Å²) in [6.07, 6.45) is 9.63. The van der Waals surface area contributed by atoms with Gasteiger partial charge < -0.3 is 24.8 Å². The Morgan fingerprint density at radius 2 is 1.17 bits per heavy atom. The molecule has 0 bridgehead atoms. The van der Waals surface area contributed by atoms with E-state index in [0.717, 1.165) is 49.8 Å². The van der Waals surface area contributed by atoms with Gasteiger partial charge in [-0.15, -0.1) is 0 Å². The second-order valence-electron chi connectivity index (χ2n) is 13.0. The summed E-state index contributed by atoms with van der Waals surface area (Å²) in [5.74, 6) is -0.972. The molecule has 3 N–H and O–H groups in total. The molecule has 0 atom stereocenters. The molecule has 5 nitrogen and oxygen atoms in total. The molecule has 262 valence electrons. The molecule has 8 aromatic rings. The summed E-state index contributed by atoms with van der Waals surface area (Å²) in [5.41, 5.74) is 8.81. The maximum absolute atomic E-state index is 11.8. The van der Waals surface area contributed by atoms with Crippen molar-refractivity contribution >= 4 is 38.8 Å². The number of aromatic hydroxyl groups is 3. The maximum Gasteiger partial charge on any atom is 0.186 e. The van der Waals surface area contributed by atoms with Gasteiger partial charge in [0.15, 0.2) is 11.5 Å². The minimum Gasteiger partial charge on any atom is -0.506 e. The van der Waals surface area contributed by atoms with Gasteiger partial charge >= 0.3 is 0 Å². The molecule has 0 saturated carbocycles. The lowest BCUT2D eigenvalue weighted by Gasteiger charge is -2.24. The number of aromatic nitrogens is 1. The van der Waals surface area contributed by atoms with E-state index in [1.807, 2.05) is 153 Å². The van der Waals surface area contributed by atoms with E-state index < -0.39 is 5.75 Å². The van der Waals surface area contributed by atoms with Crippen molar-refractivity contribution in [2.75, 3.05) is 4.90 Å². The number of phenols is 3. The van der Waals surface area contributed by atoms with Gasteiger partial charge in [-0.2, -0.15) is 0 Å². The van der Waals surface area contributed by atoms with E-state index in [2.05, 4.69) is 41.0 Å². The summed E-state index contributed by atoms with van der Waals surface area (Å²) in [4.78, 5) is 1.69. The molecule has 0 amide bonds. The summed E-state index contributed by atoms with van der Waals surface area (Å²) in [7, 11) is 0. The first-order valence-corrected chi connectivity index (χ1v) is 17.9. The van der Waals surface area contributed by atoms with Crippen LogP contribution in [0.25, 0.3) is 55.3 Å².